The molecule has 0 spiro atoms. The molecule has 0 radical (unpaired) electrons. The van der Waals surface area contributed by atoms with Crippen molar-refractivity contribution < 1.29 is 0 Å². The van der Waals surface area contributed by atoms with Crippen molar-refractivity contribution in [1.82, 2.24) is 15.2 Å². The smallest absolute Gasteiger partial charge is 0.0499 e. The normalized spacial score (nSPS) is 21.6. The second-order valence-electron chi connectivity index (χ2n) is 10.5. The van der Waals surface area contributed by atoms with Crippen LogP contribution >= 0.6 is 0 Å². The number of H-pyrrole nitrogens is 1. The number of aromatic nitrogens is 1. The molecule has 2 heterocycles. The minimum atomic E-state index is 0.423. The molecule has 3 N–H and O–H groups in total. The van der Waals surface area contributed by atoms with Crippen LogP contribution in [0.3, 0.4) is 0 Å². The summed E-state index contributed by atoms with van der Waals surface area (Å²) in [6, 6.07) is 7.10. The number of rotatable bonds is 6. The highest BCUT2D eigenvalue weighted by atomic mass is 15.2. The molecule has 0 saturated carbocycles. The summed E-state index contributed by atoms with van der Waals surface area (Å²) in [6.45, 7) is 14.2. The monoisotopic (exact) mass is 458 g/mol. The zero-order valence-corrected chi connectivity index (χ0v) is 21.6. The Morgan fingerprint density at radius 1 is 1.18 bits per heavy atom. The van der Waals surface area contributed by atoms with Gasteiger partial charge in [0, 0.05) is 47.6 Å². The van der Waals surface area contributed by atoms with E-state index in [0.29, 0.717) is 11.8 Å². The van der Waals surface area contributed by atoms with Gasteiger partial charge in [-0.15, -0.1) is 0 Å². The van der Waals surface area contributed by atoms with Gasteiger partial charge in [-0.3, -0.25) is 0 Å². The van der Waals surface area contributed by atoms with Gasteiger partial charge in [0.2, 0.25) is 0 Å². The maximum Gasteiger partial charge on any atom is 0.0499 e. The second kappa shape index (κ2) is 10.8. The van der Waals surface area contributed by atoms with Crippen LogP contribution < -0.4 is 5.32 Å². The number of piperidine rings is 1. The molecule has 0 atom stereocenters. The van der Waals surface area contributed by atoms with Crippen LogP contribution in [0.5, 0.6) is 0 Å². The number of nitrogens with one attached hydrogen (secondary N) is 3. The number of allylic oxidation sites excluding steroid dienone is 4. The first-order valence-corrected chi connectivity index (χ1v) is 13.1. The number of nitrogens with zero attached hydrogens (tertiary/aromatic N) is 1. The minimum Gasteiger partial charge on any atom is -0.374 e. The van der Waals surface area contributed by atoms with Gasteiger partial charge < -0.3 is 20.6 Å². The number of likely N-dealkylation sites (N-methyl/N-ethyl adjacent to an activating group) is 1. The Morgan fingerprint density at radius 2 is 1.91 bits per heavy atom. The largest absolute Gasteiger partial charge is 0.374 e. The van der Waals surface area contributed by atoms with Crippen molar-refractivity contribution in [3.63, 3.8) is 0 Å². The number of aromatic amines is 1. The van der Waals surface area contributed by atoms with E-state index in [9.17, 15) is 0 Å². The van der Waals surface area contributed by atoms with Crippen LogP contribution in [0.2, 0.25) is 0 Å². The van der Waals surface area contributed by atoms with Crippen molar-refractivity contribution in [3.05, 3.63) is 65.0 Å². The highest BCUT2D eigenvalue weighted by Crippen LogP contribution is 2.38. The molecule has 4 rings (SSSR count). The summed E-state index contributed by atoms with van der Waals surface area (Å²) < 4.78 is 0. The van der Waals surface area contributed by atoms with Gasteiger partial charge in [-0.25, -0.2) is 0 Å². The first-order chi connectivity index (χ1) is 16.4. The highest BCUT2D eigenvalue weighted by molar-refractivity contribution is 5.97. The van der Waals surface area contributed by atoms with Gasteiger partial charge >= 0.3 is 0 Å². The fourth-order valence-electron chi connectivity index (χ4n) is 5.69. The summed E-state index contributed by atoms with van der Waals surface area (Å²) in [5.74, 6) is 1.03. The SMILES string of the molecule is C=C(CNC)N1CCC(c2ccc3[nH]c(C4=C(\C)CCCCC(=N)/C=C\4)c(C(C)C)c3c2)CC1. The summed E-state index contributed by atoms with van der Waals surface area (Å²) in [7, 11) is 1.99. The zero-order valence-electron chi connectivity index (χ0n) is 21.6. The molecule has 0 bridgehead atoms. The summed E-state index contributed by atoms with van der Waals surface area (Å²) in [4.78, 5) is 6.23. The Labute approximate surface area is 205 Å². The van der Waals surface area contributed by atoms with Crippen LogP contribution in [0.1, 0.15) is 88.0 Å². The molecular weight excluding hydrogens is 416 g/mol. The van der Waals surface area contributed by atoms with E-state index in [1.165, 1.54) is 57.4 Å². The Balaban J connectivity index is 1.68. The van der Waals surface area contributed by atoms with Crippen molar-refractivity contribution in [2.45, 2.75) is 71.1 Å². The second-order valence-corrected chi connectivity index (χ2v) is 10.5. The van der Waals surface area contributed by atoms with Crippen molar-refractivity contribution in [3.8, 4) is 0 Å². The van der Waals surface area contributed by atoms with Gasteiger partial charge in [0.05, 0.1) is 0 Å². The van der Waals surface area contributed by atoms with Gasteiger partial charge in [0.1, 0.15) is 0 Å². The molecule has 182 valence electrons. The molecule has 1 aromatic carbocycles. The highest BCUT2D eigenvalue weighted by Gasteiger charge is 2.24. The lowest BCUT2D eigenvalue weighted by atomic mass is 9.87. The topological polar surface area (TPSA) is 54.9 Å². The van der Waals surface area contributed by atoms with Crippen molar-refractivity contribution in [2.24, 2.45) is 0 Å². The molecule has 2 aliphatic rings. The quantitative estimate of drug-likeness (QED) is 0.431. The number of hydrogen-bond donors (Lipinski definition) is 3. The summed E-state index contributed by atoms with van der Waals surface area (Å²) in [6.07, 6.45) is 10.8. The molecule has 1 aromatic heterocycles. The van der Waals surface area contributed by atoms with Crippen LogP contribution in [-0.4, -0.2) is 42.3 Å². The van der Waals surface area contributed by atoms with Crippen LogP contribution in [-0.2, 0) is 0 Å². The van der Waals surface area contributed by atoms with Crippen LogP contribution in [0.4, 0.5) is 0 Å². The van der Waals surface area contributed by atoms with Gasteiger partial charge in [-0.1, -0.05) is 38.1 Å². The lowest BCUT2D eigenvalue weighted by molar-refractivity contribution is 0.259. The number of benzene rings is 1. The van der Waals surface area contributed by atoms with Gasteiger partial charge in [0.25, 0.3) is 0 Å². The molecule has 4 nitrogen and oxygen atoms in total. The Bertz CT molecular complexity index is 1110. The van der Waals surface area contributed by atoms with E-state index in [4.69, 9.17) is 5.41 Å². The predicted octanol–water partition coefficient (Wildman–Crippen LogP) is 7.13. The van der Waals surface area contributed by atoms with E-state index in [2.05, 4.69) is 66.8 Å². The third kappa shape index (κ3) is 5.22. The minimum absolute atomic E-state index is 0.423. The van der Waals surface area contributed by atoms with Gasteiger partial charge in [-0.2, -0.15) is 0 Å². The third-order valence-corrected chi connectivity index (χ3v) is 7.66. The summed E-state index contributed by atoms with van der Waals surface area (Å²) in [5, 5.41) is 12.9. The third-order valence-electron chi connectivity index (χ3n) is 7.66. The Kier molecular flexibility index (Phi) is 7.77. The lowest BCUT2D eigenvalue weighted by Gasteiger charge is -2.35. The van der Waals surface area contributed by atoms with E-state index in [-0.39, 0.29) is 0 Å². The first-order valence-electron chi connectivity index (χ1n) is 13.1. The zero-order chi connectivity index (χ0) is 24.2. The number of likely N-dealkylation sites (tertiary alicyclic amines) is 1. The summed E-state index contributed by atoms with van der Waals surface area (Å²) in [5.41, 5.74) is 10.0. The average Bonchev–Trinajstić information content (AvgIpc) is 3.23. The molecule has 0 unspecified atom stereocenters. The molecular formula is C30H42N4. The van der Waals surface area contributed by atoms with E-state index < -0.39 is 0 Å². The summed E-state index contributed by atoms with van der Waals surface area (Å²) >= 11 is 0. The van der Waals surface area contributed by atoms with E-state index >= 15 is 0 Å². The molecule has 1 aliphatic heterocycles. The molecule has 34 heavy (non-hydrogen) atoms. The molecule has 2 aromatic rings. The van der Waals surface area contributed by atoms with E-state index in [1.54, 1.807) is 0 Å². The van der Waals surface area contributed by atoms with Crippen LogP contribution in [0, 0.1) is 5.41 Å². The van der Waals surface area contributed by atoms with E-state index in [1.807, 2.05) is 13.1 Å². The maximum atomic E-state index is 8.26. The van der Waals surface area contributed by atoms with Crippen LogP contribution in [0.15, 0.2) is 48.2 Å². The van der Waals surface area contributed by atoms with Crippen molar-refractivity contribution in [2.75, 3.05) is 26.7 Å². The predicted molar refractivity (Wildman–Crippen MR) is 147 cm³/mol. The number of fused-ring (bicyclic) bond motifs is 1. The van der Waals surface area contributed by atoms with Gasteiger partial charge in [0.15, 0.2) is 0 Å². The van der Waals surface area contributed by atoms with Crippen LogP contribution in [0.25, 0.3) is 16.5 Å². The number of hydrogen-bond acceptors (Lipinski definition) is 3. The lowest BCUT2D eigenvalue weighted by Crippen LogP contribution is -2.35. The van der Waals surface area contributed by atoms with Gasteiger partial charge in [-0.05, 0) is 99.2 Å². The average molecular weight is 459 g/mol. The fraction of sp³-hybridized carbons (Fsp3) is 0.500. The molecule has 1 saturated heterocycles. The molecule has 0 amide bonds. The van der Waals surface area contributed by atoms with Crippen molar-refractivity contribution >= 4 is 22.2 Å². The Morgan fingerprint density at radius 3 is 2.62 bits per heavy atom. The maximum absolute atomic E-state index is 8.26. The standard InChI is InChI=1S/C30H42N4/c1-20(2)29-27-18-24(23-14-16-34(17-15-23)22(4)19-32-5)10-13-28(27)33-30(29)26-12-11-25(31)9-7-6-8-21(26)3/h10-13,18,20,23,31-33H,4,6-9,14-17,19H2,1-3,5H3/b12-11-,26-21+,31-25?. The molecule has 1 aliphatic carbocycles. The Hall–Kier alpha value is -2.59. The van der Waals surface area contributed by atoms with E-state index in [0.717, 1.165) is 51.0 Å². The fourth-order valence-corrected chi connectivity index (χ4v) is 5.69. The molecule has 4 heteroatoms. The first kappa shape index (κ1) is 24.5. The van der Waals surface area contributed by atoms with Crippen molar-refractivity contribution in [1.29, 1.82) is 5.41 Å². The molecule has 1 fully saturated rings.